The maximum atomic E-state index is 2.23. The zero-order chi connectivity index (χ0) is 12.9. The Hall–Kier alpha value is -1.22. The zero-order valence-electron chi connectivity index (χ0n) is 11.0. The molecule has 3 aromatic rings. The van der Waals surface area contributed by atoms with E-state index in [2.05, 4.69) is 91.0 Å². The third-order valence-electron chi connectivity index (χ3n) is 3.04. The van der Waals surface area contributed by atoms with Crippen molar-refractivity contribution in [1.29, 1.82) is 0 Å². The van der Waals surface area contributed by atoms with E-state index in [0.717, 1.165) is 0 Å². The first-order valence-corrected chi connectivity index (χ1v) is 7.74. The summed E-state index contributed by atoms with van der Waals surface area (Å²) in [5, 5.41) is 4.19. The average Bonchev–Trinajstić information content (AvgIpc) is 2.51. The van der Waals surface area contributed by atoms with Gasteiger partial charge in [-0.05, 0) is 23.8 Å². The van der Waals surface area contributed by atoms with Crippen LogP contribution in [0.25, 0.3) is 0 Å². The smallest absolute Gasteiger partial charge is 0 e. The van der Waals surface area contributed by atoms with Gasteiger partial charge < -0.3 is 0 Å². The third kappa shape index (κ3) is 3.45. The molecule has 3 rings (SSSR count). The summed E-state index contributed by atoms with van der Waals surface area (Å²) in [5.41, 5.74) is 0. The first-order valence-electron chi connectivity index (χ1n) is 6.40. The Bertz CT molecular complexity index is 529. The van der Waals surface area contributed by atoms with Gasteiger partial charge in [0.2, 0.25) is 0 Å². The molecule has 0 heterocycles. The van der Waals surface area contributed by atoms with Crippen LogP contribution in [0.3, 0.4) is 0 Å². The fourth-order valence-electron chi connectivity index (χ4n) is 2.18. The number of rotatable bonds is 3. The van der Waals surface area contributed by atoms with Crippen LogP contribution in [0.2, 0.25) is 0 Å². The van der Waals surface area contributed by atoms with E-state index in [1.807, 2.05) is 0 Å². The van der Waals surface area contributed by atoms with Gasteiger partial charge in [0.05, 0.1) is 0 Å². The van der Waals surface area contributed by atoms with E-state index < -0.39 is 7.92 Å². The predicted molar refractivity (Wildman–Crippen MR) is 85.1 cm³/mol. The molecule has 0 atom stereocenters. The summed E-state index contributed by atoms with van der Waals surface area (Å²) in [7, 11) is -0.446. The SMILES string of the molecule is [W].c1ccc(P(c2ccccc2)c2ccccc2)cc1. The van der Waals surface area contributed by atoms with Crippen LogP contribution in [0, 0.1) is 0 Å². The largest absolute Gasteiger partial charge is 0.0622 e. The summed E-state index contributed by atoms with van der Waals surface area (Å²) >= 11 is 0. The van der Waals surface area contributed by atoms with Gasteiger partial charge in [-0.25, -0.2) is 0 Å². The Morgan fingerprint density at radius 3 is 0.900 bits per heavy atom. The van der Waals surface area contributed by atoms with Gasteiger partial charge in [0, 0.05) is 21.1 Å². The molecule has 0 aliphatic rings. The predicted octanol–water partition coefficient (Wildman–Crippen LogP) is 3.44. The molecule has 0 saturated heterocycles. The van der Waals surface area contributed by atoms with Gasteiger partial charge >= 0.3 is 0 Å². The van der Waals surface area contributed by atoms with Crippen LogP contribution in [-0.2, 0) is 21.1 Å². The molecule has 3 aromatic carbocycles. The van der Waals surface area contributed by atoms with Crippen molar-refractivity contribution < 1.29 is 21.1 Å². The maximum Gasteiger partial charge on any atom is 0 e. The second kappa shape index (κ2) is 7.53. The summed E-state index contributed by atoms with van der Waals surface area (Å²) in [6.07, 6.45) is 0. The molecule has 98 valence electrons. The average molecular weight is 446 g/mol. The van der Waals surface area contributed by atoms with Gasteiger partial charge in [0.15, 0.2) is 0 Å². The van der Waals surface area contributed by atoms with Gasteiger partial charge in [-0.1, -0.05) is 91.0 Å². The number of benzene rings is 3. The summed E-state index contributed by atoms with van der Waals surface area (Å²) < 4.78 is 0. The van der Waals surface area contributed by atoms with Crippen molar-refractivity contribution in [3.05, 3.63) is 91.0 Å². The van der Waals surface area contributed by atoms with Crippen molar-refractivity contribution in [1.82, 2.24) is 0 Å². The maximum absolute atomic E-state index is 2.23. The minimum absolute atomic E-state index is 0. The van der Waals surface area contributed by atoms with Crippen LogP contribution in [0.1, 0.15) is 0 Å². The van der Waals surface area contributed by atoms with Crippen LogP contribution >= 0.6 is 7.92 Å². The van der Waals surface area contributed by atoms with Crippen LogP contribution in [0.5, 0.6) is 0 Å². The molecule has 0 aliphatic heterocycles. The minimum atomic E-state index is -0.446. The number of hydrogen-bond acceptors (Lipinski definition) is 0. The second-order valence-electron chi connectivity index (χ2n) is 4.34. The second-order valence-corrected chi connectivity index (χ2v) is 6.56. The van der Waals surface area contributed by atoms with Gasteiger partial charge in [-0.2, -0.15) is 0 Å². The number of hydrogen-bond donors (Lipinski definition) is 0. The molecule has 20 heavy (non-hydrogen) atoms. The monoisotopic (exact) mass is 446 g/mol. The van der Waals surface area contributed by atoms with Crippen LogP contribution < -0.4 is 15.9 Å². The molecule has 0 N–H and O–H groups in total. The summed E-state index contributed by atoms with van der Waals surface area (Å²) in [5.74, 6) is 0. The van der Waals surface area contributed by atoms with E-state index in [1.54, 1.807) is 0 Å². The first-order chi connectivity index (χ1) is 9.45. The van der Waals surface area contributed by atoms with Crippen molar-refractivity contribution in [3.63, 3.8) is 0 Å². The summed E-state index contributed by atoms with van der Waals surface area (Å²) in [6, 6.07) is 32.3. The van der Waals surface area contributed by atoms with Crippen LogP contribution in [0.15, 0.2) is 91.0 Å². The van der Waals surface area contributed by atoms with Crippen molar-refractivity contribution in [2.75, 3.05) is 0 Å². The van der Waals surface area contributed by atoms with Gasteiger partial charge in [-0.3, -0.25) is 0 Å². The Labute approximate surface area is 135 Å². The molecule has 0 unspecified atom stereocenters. The normalized spacial score (nSPS) is 10.1. The molecule has 0 saturated carbocycles. The summed E-state index contributed by atoms with van der Waals surface area (Å²) in [4.78, 5) is 0. The first kappa shape index (κ1) is 15.2. The van der Waals surface area contributed by atoms with Crippen LogP contribution in [-0.4, -0.2) is 0 Å². The molecule has 2 heteroatoms. The van der Waals surface area contributed by atoms with Crippen molar-refractivity contribution >= 4 is 23.8 Å². The van der Waals surface area contributed by atoms with E-state index in [9.17, 15) is 0 Å². The molecule has 0 radical (unpaired) electrons. The molecule has 0 fully saturated rings. The summed E-state index contributed by atoms with van der Waals surface area (Å²) in [6.45, 7) is 0. The standard InChI is InChI=1S/C18H15P.W/c1-4-10-16(11-5-1)19(17-12-6-2-7-13-17)18-14-8-3-9-15-18;/h1-15H;. The van der Waals surface area contributed by atoms with E-state index in [0.29, 0.717) is 0 Å². The van der Waals surface area contributed by atoms with Crippen molar-refractivity contribution in [2.45, 2.75) is 0 Å². The van der Waals surface area contributed by atoms with E-state index in [4.69, 9.17) is 0 Å². The zero-order valence-corrected chi connectivity index (χ0v) is 14.8. The Balaban J connectivity index is 0.00000147. The topological polar surface area (TPSA) is 0 Å². The van der Waals surface area contributed by atoms with Crippen LogP contribution in [0.4, 0.5) is 0 Å². The molecule has 0 amide bonds. The molecular formula is C18H15PW. The molecule has 0 aliphatic carbocycles. The van der Waals surface area contributed by atoms with Gasteiger partial charge in [0.1, 0.15) is 0 Å². The minimum Gasteiger partial charge on any atom is -0.0622 e. The Kier molecular flexibility index (Phi) is 5.71. The molecular weight excluding hydrogens is 431 g/mol. The molecule has 0 nitrogen and oxygen atoms in total. The van der Waals surface area contributed by atoms with E-state index in [-0.39, 0.29) is 21.1 Å². The Morgan fingerprint density at radius 2 is 0.650 bits per heavy atom. The van der Waals surface area contributed by atoms with Crippen molar-refractivity contribution in [2.24, 2.45) is 0 Å². The third-order valence-corrected chi connectivity index (χ3v) is 5.49. The fraction of sp³-hybridized carbons (Fsp3) is 0. The molecule has 0 spiro atoms. The molecule has 0 bridgehead atoms. The quantitative estimate of drug-likeness (QED) is 0.542. The molecule has 0 aromatic heterocycles. The van der Waals surface area contributed by atoms with E-state index >= 15 is 0 Å². The van der Waals surface area contributed by atoms with Gasteiger partial charge in [0.25, 0.3) is 0 Å². The Morgan fingerprint density at radius 1 is 0.400 bits per heavy atom. The fourth-order valence-corrected chi connectivity index (χ4v) is 4.48. The van der Waals surface area contributed by atoms with Crippen molar-refractivity contribution in [3.8, 4) is 0 Å². The van der Waals surface area contributed by atoms with E-state index in [1.165, 1.54) is 15.9 Å². The van der Waals surface area contributed by atoms with Gasteiger partial charge in [-0.15, -0.1) is 0 Å².